The van der Waals surface area contributed by atoms with Gasteiger partial charge in [-0.25, -0.2) is 0 Å². The highest BCUT2D eigenvalue weighted by atomic mass is 16.1. The van der Waals surface area contributed by atoms with Gasteiger partial charge in [-0.3, -0.25) is 4.79 Å². The van der Waals surface area contributed by atoms with Gasteiger partial charge in [0, 0.05) is 20.5 Å². The first-order valence-electron chi connectivity index (χ1n) is 6.77. The molecule has 1 rings (SSSR count). The van der Waals surface area contributed by atoms with E-state index in [0.717, 1.165) is 31.3 Å². The predicted octanol–water partition coefficient (Wildman–Crippen LogP) is 3.69. The van der Waals surface area contributed by atoms with Crippen LogP contribution in [0.1, 0.15) is 51.4 Å². The minimum absolute atomic E-state index is 0.357. The number of nitrogens with zero attached hydrogens (tertiary/aromatic N) is 1. The summed E-state index contributed by atoms with van der Waals surface area (Å²) in [5, 5.41) is 0. The van der Waals surface area contributed by atoms with Crippen molar-refractivity contribution in [2.75, 3.05) is 14.1 Å². The lowest BCUT2D eigenvalue weighted by atomic mass is 9.96. The molecular formula is C15H25NO. The highest BCUT2D eigenvalue weighted by Crippen LogP contribution is 2.18. The summed E-state index contributed by atoms with van der Waals surface area (Å²) in [5.41, 5.74) is 1.02. The van der Waals surface area contributed by atoms with Crippen molar-refractivity contribution in [1.29, 1.82) is 0 Å². The van der Waals surface area contributed by atoms with Gasteiger partial charge in [-0.2, -0.15) is 0 Å². The van der Waals surface area contributed by atoms with E-state index in [0.29, 0.717) is 5.78 Å². The molecule has 0 radical (unpaired) electrons. The van der Waals surface area contributed by atoms with Gasteiger partial charge in [0.05, 0.1) is 0 Å². The Balaban J connectivity index is 2.59. The van der Waals surface area contributed by atoms with Crippen molar-refractivity contribution in [2.45, 2.75) is 51.4 Å². The van der Waals surface area contributed by atoms with Crippen molar-refractivity contribution < 1.29 is 4.79 Å². The third kappa shape index (κ3) is 6.30. The molecule has 0 heterocycles. The molecule has 1 saturated carbocycles. The maximum Gasteiger partial charge on any atom is 0.158 e. The smallest absolute Gasteiger partial charge is 0.158 e. The first-order valence-corrected chi connectivity index (χ1v) is 6.77. The number of Topliss-reactive ketones (excluding diaryl/α,β-unsaturated/α-hetero) is 1. The van der Waals surface area contributed by atoms with Crippen LogP contribution in [0, 0.1) is 0 Å². The monoisotopic (exact) mass is 235 g/mol. The fraction of sp³-hybridized carbons (Fsp3) is 0.667. The van der Waals surface area contributed by atoms with Gasteiger partial charge in [0.25, 0.3) is 0 Å². The Bertz CT molecular complexity index is 289. The van der Waals surface area contributed by atoms with Gasteiger partial charge < -0.3 is 4.90 Å². The predicted molar refractivity (Wildman–Crippen MR) is 72.9 cm³/mol. The van der Waals surface area contributed by atoms with Gasteiger partial charge in [-0.1, -0.05) is 31.8 Å². The van der Waals surface area contributed by atoms with Crippen LogP contribution >= 0.6 is 0 Å². The Kier molecular flexibility index (Phi) is 6.68. The standard InChI is InChI=1S/C15H25NO/c1-16(2)13-9-11-14-10-7-5-3-4-6-8-12-15(14)17/h9,11,13H,3-8,10,12H2,1-2H3/b13-9+,14-11-. The molecule has 1 aliphatic rings. The maximum absolute atomic E-state index is 12.0. The molecule has 0 atom stereocenters. The van der Waals surface area contributed by atoms with Crippen LogP contribution in [-0.4, -0.2) is 24.8 Å². The molecule has 0 amide bonds. The summed E-state index contributed by atoms with van der Waals surface area (Å²) in [6.45, 7) is 0. The molecule has 0 aromatic rings. The van der Waals surface area contributed by atoms with Crippen molar-refractivity contribution in [2.24, 2.45) is 0 Å². The first-order chi connectivity index (χ1) is 8.20. The summed E-state index contributed by atoms with van der Waals surface area (Å²) in [4.78, 5) is 14.0. The molecule has 0 saturated heterocycles. The van der Waals surface area contributed by atoms with Crippen molar-refractivity contribution in [1.82, 2.24) is 4.90 Å². The number of rotatable bonds is 2. The topological polar surface area (TPSA) is 20.3 Å². The largest absolute Gasteiger partial charge is 0.383 e. The highest BCUT2D eigenvalue weighted by molar-refractivity contribution is 5.95. The van der Waals surface area contributed by atoms with E-state index in [1.807, 2.05) is 37.3 Å². The normalized spacial score (nSPS) is 22.0. The van der Waals surface area contributed by atoms with Gasteiger partial charge in [-0.15, -0.1) is 0 Å². The minimum atomic E-state index is 0.357. The van der Waals surface area contributed by atoms with Crippen molar-refractivity contribution in [3.8, 4) is 0 Å². The molecule has 0 spiro atoms. The Morgan fingerprint density at radius 1 is 0.941 bits per heavy atom. The van der Waals surface area contributed by atoms with E-state index in [2.05, 4.69) is 0 Å². The van der Waals surface area contributed by atoms with Crippen LogP contribution in [-0.2, 0) is 4.79 Å². The second-order valence-electron chi connectivity index (χ2n) is 5.04. The van der Waals surface area contributed by atoms with Crippen LogP contribution in [0.5, 0.6) is 0 Å². The summed E-state index contributed by atoms with van der Waals surface area (Å²) in [5.74, 6) is 0.357. The first kappa shape index (κ1) is 14.0. The van der Waals surface area contributed by atoms with Gasteiger partial charge in [0.15, 0.2) is 5.78 Å². The van der Waals surface area contributed by atoms with Crippen molar-refractivity contribution in [3.63, 3.8) is 0 Å². The van der Waals surface area contributed by atoms with Gasteiger partial charge >= 0.3 is 0 Å². The van der Waals surface area contributed by atoms with E-state index < -0.39 is 0 Å². The number of hydrogen-bond donors (Lipinski definition) is 0. The Labute approximate surface area is 105 Å². The van der Waals surface area contributed by atoms with Crippen LogP contribution < -0.4 is 0 Å². The Morgan fingerprint density at radius 3 is 2.18 bits per heavy atom. The second kappa shape index (κ2) is 8.10. The average molecular weight is 235 g/mol. The Morgan fingerprint density at radius 2 is 1.53 bits per heavy atom. The number of carbonyl (C=O) groups excluding carboxylic acids is 1. The highest BCUT2D eigenvalue weighted by Gasteiger charge is 2.09. The van der Waals surface area contributed by atoms with Crippen molar-refractivity contribution in [3.05, 3.63) is 23.9 Å². The zero-order chi connectivity index (χ0) is 12.5. The molecule has 0 unspecified atom stereocenters. The third-order valence-electron chi connectivity index (χ3n) is 3.14. The number of hydrogen-bond acceptors (Lipinski definition) is 2. The molecule has 0 aromatic carbocycles. The molecule has 0 aliphatic heterocycles. The van der Waals surface area contributed by atoms with Crippen LogP contribution in [0.2, 0.25) is 0 Å². The van der Waals surface area contributed by atoms with Crippen molar-refractivity contribution >= 4 is 5.78 Å². The summed E-state index contributed by atoms with van der Waals surface area (Å²) in [7, 11) is 3.98. The van der Waals surface area contributed by atoms with Gasteiger partial charge in [-0.05, 0) is 37.1 Å². The minimum Gasteiger partial charge on any atom is -0.383 e. The Hall–Kier alpha value is -1.05. The summed E-state index contributed by atoms with van der Waals surface area (Å²) in [6, 6.07) is 0. The fourth-order valence-corrected chi connectivity index (χ4v) is 2.12. The van der Waals surface area contributed by atoms with Crippen LogP contribution in [0.3, 0.4) is 0 Å². The molecule has 17 heavy (non-hydrogen) atoms. The van der Waals surface area contributed by atoms with Gasteiger partial charge in [0.1, 0.15) is 0 Å². The molecular weight excluding hydrogens is 210 g/mol. The summed E-state index contributed by atoms with van der Waals surface area (Å²) >= 11 is 0. The summed E-state index contributed by atoms with van der Waals surface area (Å²) in [6.07, 6.45) is 15.0. The maximum atomic E-state index is 12.0. The number of ketones is 1. The fourth-order valence-electron chi connectivity index (χ4n) is 2.12. The van der Waals surface area contributed by atoms with E-state index in [1.54, 1.807) is 0 Å². The van der Waals surface area contributed by atoms with E-state index in [1.165, 1.54) is 25.7 Å². The lowest BCUT2D eigenvalue weighted by Crippen LogP contribution is -2.04. The quantitative estimate of drug-likeness (QED) is 0.680. The van der Waals surface area contributed by atoms with E-state index in [-0.39, 0.29) is 0 Å². The molecule has 96 valence electrons. The lowest BCUT2D eigenvalue weighted by molar-refractivity contribution is -0.115. The zero-order valence-corrected chi connectivity index (χ0v) is 11.2. The molecule has 2 heteroatoms. The molecule has 2 nitrogen and oxygen atoms in total. The van der Waals surface area contributed by atoms with E-state index >= 15 is 0 Å². The lowest BCUT2D eigenvalue weighted by Gasteiger charge is -2.09. The molecule has 0 aromatic heterocycles. The van der Waals surface area contributed by atoms with E-state index in [9.17, 15) is 4.79 Å². The summed E-state index contributed by atoms with van der Waals surface area (Å²) < 4.78 is 0. The average Bonchev–Trinajstić information content (AvgIpc) is 2.29. The van der Waals surface area contributed by atoms with E-state index in [4.69, 9.17) is 0 Å². The molecule has 0 N–H and O–H groups in total. The molecule has 0 bridgehead atoms. The zero-order valence-electron chi connectivity index (χ0n) is 11.2. The second-order valence-corrected chi connectivity index (χ2v) is 5.04. The van der Waals surface area contributed by atoms with Crippen LogP contribution in [0.25, 0.3) is 0 Å². The molecule has 1 aliphatic carbocycles. The van der Waals surface area contributed by atoms with Gasteiger partial charge in [0.2, 0.25) is 0 Å². The third-order valence-corrected chi connectivity index (χ3v) is 3.14. The number of allylic oxidation sites excluding steroid dienone is 3. The van der Waals surface area contributed by atoms with Crippen LogP contribution in [0.15, 0.2) is 23.9 Å². The molecule has 1 fully saturated rings. The van der Waals surface area contributed by atoms with Crippen LogP contribution in [0.4, 0.5) is 0 Å². The number of carbonyl (C=O) groups is 1. The SMILES string of the molecule is CN(C)/C=C/C=C1/CCCCCCCCC1=O.